The number of carbonyl (C=O) groups is 4. The van der Waals surface area contributed by atoms with Crippen LogP contribution in [0.5, 0.6) is 5.75 Å². The van der Waals surface area contributed by atoms with Gasteiger partial charge in [0.2, 0.25) is 17.7 Å². The van der Waals surface area contributed by atoms with Crippen LogP contribution in [-0.4, -0.2) is 75.8 Å². The molecular formula is C23H36N4O6S2. The van der Waals surface area contributed by atoms with Crippen LogP contribution in [0.4, 0.5) is 0 Å². The van der Waals surface area contributed by atoms with Gasteiger partial charge in [-0.2, -0.15) is 24.4 Å². The first-order chi connectivity index (χ1) is 16.5. The maximum absolute atomic E-state index is 12.9. The highest BCUT2D eigenvalue weighted by atomic mass is 32.2. The standard InChI is InChI=1S/C23H36N4O6S2/c1-13(2)10-16(24)20(29)27-19(12-34)22(31)25-17(8-9-35-3)21(30)26-18(23(32)33)11-14-4-6-15(28)7-5-14/h4-7,13,16-19,28,34H,8-12,24H2,1-3H3,(H,25,31)(H,26,30)(H,27,29)(H,32,33). The average molecular weight is 529 g/mol. The number of hydrogen-bond acceptors (Lipinski definition) is 8. The molecule has 0 saturated carbocycles. The SMILES string of the molecule is CSCCC(NC(=O)C(CS)NC(=O)C(N)CC(C)C)C(=O)NC(Cc1ccc(O)cc1)C(=O)O. The molecule has 0 aliphatic rings. The third-order valence-corrected chi connectivity index (χ3v) is 6.12. The molecule has 0 saturated heterocycles. The zero-order valence-corrected chi connectivity index (χ0v) is 21.9. The molecule has 0 fully saturated rings. The number of rotatable bonds is 15. The normalized spacial score (nSPS) is 14.5. The van der Waals surface area contributed by atoms with Gasteiger partial charge in [-0.25, -0.2) is 4.79 Å². The summed E-state index contributed by atoms with van der Waals surface area (Å²) in [6, 6.07) is 1.93. The van der Waals surface area contributed by atoms with Crippen LogP contribution < -0.4 is 21.7 Å². The summed E-state index contributed by atoms with van der Waals surface area (Å²) >= 11 is 5.61. The van der Waals surface area contributed by atoms with Crippen molar-refractivity contribution in [1.82, 2.24) is 16.0 Å². The minimum atomic E-state index is -1.24. The van der Waals surface area contributed by atoms with Crippen molar-refractivity contribution in [2.45, 2.75) is 57.3 Å². The Kier molecular flexibility index (Phi) is 13.6. The van der Waals surface area contributed by atoms with E-state index in [0.29, 0.717) is 17.7 Å². The van der Waals surface area contributed by atoms with Crippen molar-refractivity contribution >= 4 is 48.1 Å². The van der Waals surface area contributed by atoms with E-state index in [9.17, 15) is 29.4 Å². The average Bonchev–Trinajstić information content (AvgIpc) is 2.79. The monoisotopic (exact) mass is 528 g/mol. The van der Waals surface area contributed by atoms with Gasteiger partial charge in [-0.3, -0.25) is 14.4 Å². The van der Waals surface area contributed by atoms with Crippen LogP contribution >= 0.6 is 24.4 Å². The van der Waals surface area contributed by atoms with E-state index >= 15 is 0 Å². The number of aliphatic carboxylic acids is 1. The lowest BCUT2D eigenvalue weighted by molar-refractivity contribution is -0.142. The second-order valence-corrected chi connectivity index (χ2v) is 9.94. The van der Waals surface area contributed by atoms with Crippen molar-refractivity contribution in [3.8, 4) is 5.75 Å². The Bertz CT molecular complexity index is 853. The number of phenolic OH excluding ortho intramolecular Hbond substituents is 1. The van der Waals surface area contributed by atoms with Crippen LogP contribution in [0.1, 0.15) is 32.3 Å². The summed E-state index contributed by atoms with van der Waals surface area (Å²) in [4.78, 5) is 49.9. The molecule has 4 unspecified atom stereocenters. The van der Waals surface area contributed by atoms with Gasteiger partial charge in [0, 0.05) is 12.2 Å². The number of nitrogens with one attached hydrogen (secondary N) is 3. The third-order valence-electron chi connectivity index (χ3n) is 5.11. The number of phenols is 1. The summed E-state index contributed by atoms with van der Waals surface area (Å²) in [7, 11) is 0. The fraction of sp³-hybridized carbons (Fsp3) is 0.565. The topological polar surface area (TPSA) is 171 Å². The molecule has 0 spiro atoms. The van der Waals surface area contributed by atoms with E-state index in [-0.39, 0.29) is 30.3 Å². The molecule has 1 aromatic rings. The third kappa shape index (κ3) is 11.2. The summed E-state index contributed by atoms with van der Waals surface area (Å²) in [5, 5.41) is 26.7. The summed E-state index contributed by atoms with van der Waals surface area (Å²) in [5.74, 6) is -2.23. The highest BCUT2D eigenvalue weighted by Crippen LogP contribution is 2.12. The summed E-state index contributed by atoms with van der Waals surface area (Å²) in [6.07, 6.45) is 2.54. The first-order valence-electron chi connectivity index (χ1n) is 11.3. The summed E-state index contributed by atoms with van der Waals surface area (Å²) in [6.45, 7) is 3.86. The number of nitrogens with two attached hydrogens (primary N) is 1. The van der Waals surface area contributed by atoms with E-state index in [2.05, 4.69) is 28.6 Å². The van der Waals surface area contributed by atoms with Gasteiger partial charge in [-0.1, -0.05) is 26.0 Å². The maximum Gasteiger partial charge on any atom is 0.326 e. The van der Waals surface area contributed by atoms with Crippen LogP contribution in [0.15, 0.2) is 24.3 Å². The number of amides is 3. The number of benzene rings is 1. The highest BCUT2D eigenvalue weighted by Gasteiger charge is 2.30. The van der Waals surface area contributed by atoms with Crippen LogP contribution in [0.3, 0.4) is 0 Å². The predicted molar refractivity (Wildman–Crippen MR) is 140 cm³/mol. The molecular weight excluding hydrogens is 492 g/mol. The van der Waals surface area contributed by atoms with Crippen molar-refractivity contribution in [3.63, 3.8) is 0 Å². The lowest BCUT2D eigenvalue weighted by Gasteiger charge is -2.24. The van der Waals surface area contributed by atoms with Crippen molar-refractivity contribution in [2.24, 2.45) is 11.7 Å². The molecule has 12 heteroatoms. The van der Waals surface area contributed by atoms with Gasteiger partial charge in [0.25, 0.3) is 0 Å². The Hall–Kier alpha value is -2.44. The summed E-state index contributed by atoms with van der Waals surface area (Å²) in [5.41, 5.74) is 6.49. The fourth-order valence-corrected chi connectivity index (χ4v) is 3.93. The fourth-order valence-electron chi connectivity index (χ4n) is 3.20. The molecule has 0 heterocycles. The number of carboxylic acid groups (broad SMARTS) is 1. The van der Waals surface area contributed by atoms with E-state index < -0.39 is 47.9 Å². The van der Waals surface area contributed by atoms with Gasteiger partial charge < -0.3 is 31.9 Å². The molecule has 4 atom stereocenters. The van der Waals surface area contributed by atoms with Gasteiger partial charge in [0.15, 0.2) is 0 Å². The van der Waals surface area contributed by atoms with Crippen molar-refractivity contribution in [3.05, 3.63) is 29.8 Å². The molecule has 35 heavy (non-hydrogen) atoms. The second kappa shape index (κ2) is 15.5. The van der Waals surface area contributed by atoms with E-state index in [0.717, 1.165) is 0 Å². The second-order valence-electron chi connectivity index (χ2n) is 8.59. The molecule has 0 bridgehead atoms. The number of hydrogen-bond donors (Lipinski definition) is 7. The minimum Gasteiger partial charge on any atom is -0.508 e. The van der Waals surface area contributed by atoms with E-state index in [1.54, 1.807) is 12.1 Å². The molecule has 0 radical (unpaired) electrons. The molecule has 1 rings (SSSR count). The van der Waals surface area contributed by atoms with E-state index in [1.165, 1.54) is 23.9 Å². The zero-order valence-electron chi connectivity index (χ0n) is 20.2. The van der Waals surface area contributed by atoms with Crippen LogP contribution in [0.2, 0.25) is 0 Å². The number of carbonyl (C=O) groups excluding carboxylic acids is 3. The van der Waals surface area contributed by atoms with Crippen molar-refractivity contribution in [1.29, 1.82) is 0 Å². The maximum atomic E-state index is 12.9. The molecule has 0 aliphatic heterocycles. The first kappa shape index (κ1) is 30.6. The van der Waals surface area contributed by atoms with Gasteiger partial charge in [0.1, 0.15) is 23.9 Å². The lowest BCUT2D eigenvalue weighted by atomic mass is 10.0. The number of thioether (sulfide) groups is 1. The molecule has 0 aliphatic carbocycles. The molecule has 0 aromatic heterocycles. The van der Waals surface area contributed by atoms with Gasteiger partial charge in [0.05, 0.1) is 6.04 Å². The molecule has 3 amide bonds. The van der Waals surface area contributed by atoms with Gasteiger partial charge in [-0.05, 0) is 48.5 Å². The van der Waals surface area contributed by atoms with Crippen LogP contribution in [0.25, 0.3) is 0 Å². The Morgan fingerprint density at radius 2 is 1.51 bits per heavy atom. The Balaban J connectivity index is 2.88. The highest BCUT2D eigenvalue weighted by molar-refractivity contribution is 7.98. The Labute approximate surface area is 215 Å². The molecule has 10 nitrogen and oxygen atoms in total. The molecule has 7 N–H and O–H groups in total. The van der Waals surface area contributed by atoms with E-state index in [4.69, 9.17) is 5.73 Å². The molecule has 1 aromatic carbocycles. The van der Waals surface area contributed by atoms with Crippen LogP contribution in [-0.2, 0) is 25.6 Å². The first-order valence-corrected chi connectivity index (χ1v) is 13.3. The number of thiol groups is 1. The molecule has 196 valence electrons. The van der Waals surface area contributed by atoms with Gasteiger partial charge >= 0.3 is 5.97 Å². The quantitative estimate of drug-likeness (QED) is 0.162. The number of carboxylic acids is 1. The van der Waals surface area contributed by atoms with Gasteiger partial charge in [-0.15, -0.1) is 0 Å². The van der Waals surface area contributed by atoms with E-state index in [1.807, 2.05) is 20.1 Å². The van der Waals surface area contributed by atoms with Crippen molar-refractivity contribution < 1.29 is 29.4 Å². The lowest BCUT2D eigenvalue weighted by Crippen LogP contribution is -2.58. The number of aromatic hydroxyl groups is 1. The Morgan fingerprint density at radius 3 is 2.03 bits per heavy atom. The van der Waals surface area contributed by atoms with Crippen molar-refractivity contribution in [2.75, 3.05) is 17.8 Å². The predicted octanol–water partition coefficient (Wildman–Crippen LogP) is 0.530. The smallest absolute Gasteiger partial charge is 0.326 e. The summed E-state index contributed by atoms with van der Waals surface area (Å²) < 4.78 is 0. The minimum absolute atomic E-state index is 0.00634. The Morgan fingerprint density at radius 1 is 0.971 bits per heavy atom. The largest absolute Gasteiger partial charge is 0.508 e. The van der Waals surface area contributed by atoms with Crippen LogP contribution in [0, 0.1) is 5.92 Å². The zero-order chi connectivity index (χ0) is 26.5.